The van der Waals surface area contributed by atoms with Crippen LogP contribution in [0.4, 0.5) is 10.1 Å². The van der Waals surface area contributed by atoms with Crippen LogP contribution in [0.15, 0.2) is 28.6 Å². The topological polar surface area (TPSA) is 79.3 Å². The smallest absolute Gasteiger partial charge is 0.273 e. The molecule has 0 atom stereocenters. The van der Waals surface area contributed by atoms with E-state index in [-0.39, 0.29) is 9.90 Å². The fourth-order valence-electron chi connectivity index (χ4n) is 1.24. The second-order valence-electron chi connectivity index (χ2n) is 3.47. The average Bonchev–Trinajstić information content (AvgIpc) is 2.71. The highest BCUT2D eigenvalue weighted by atomic mass is 32.2. The Hall–Kier alpha value is -1.67. The van der Waals surface area contributed by atoms with E-state index in [9.17, 15) is 12.8 Å². The Morgan fingerprint density at radius 2 is 2.17 bits per heavy atom. The van der Waals surface area contributed by atoms with Gasteiger partial charge in [0.15, 0.2) is 15.8 Å². The molecule has 0 aliphatic carbocycles. The summed E-state index contributed by atoms with van der Waals surface area (Å²) in [5.74, 6) is -1.43. The molecule has 0 amide bonds. The molecule has 18 heavy (non-hydrogen) atoms. The van der Waals surface area contributed by atoms with Gasteiger partial charge in [-0.25, -0.2) is 17.8 Å². The molecule has 0 unspecified atom stereocenters. The maximum atomic E-state index is 13.1. The van der Waals surface area contributed by atoms with Gasteiger partial charge in [-0.3, -0.25) is 4.72 Å². The normalized spacial score (nSPS) is 11.4. The predicted octanol–water partition coefficient (Wildman–Crippen LogP) is 2.10. The van der Waals surface area contributed by atoms with E-state index in [2.05, 4.69) is 9.71 Å². The van der Waals surface area contributed by atoms with E-state index in [1.165, 1.54) is 12.3 Å². The van der Waals surface area contributed by atoms with Crippen LogP contribution < -0.4 is 4.72 Å². The Balaban J connectivity index is 2.30. The summed E-state index contributed by atoms with van der Waals surface area (Å²) in [7, 11) is -3.76. The Morgan fingerprint density at radius 3 is 2.72 bits per heavy atom. The number of benzene rings is 1. The maximum Gasteiger partial charge on any atom is 0.273 e. The van der Waals surface area contributed by atoms with Crippen molar-refractivity contribution in [1.82, 2.24) is 4.98 Å². The third kappa shape index (κ3) is 2.59. The lowest BCUT2D eigenvalue weighted by atomic mass is 10.3. The van der Waals surface area contributed by atoms with Gasteiger partial charge >= 0.3 is 0 Å². The largest absolute Gasteiger partial charge is 0.505 e. The summed E-state index contributed by atoms with van der Waals surface area (Å²) in [5, 5.41) is 9.62. The lowest BCUT2D eigenvalue weighted by Crippen LogP contribution is -2.11. The van der Waals surface area contributed by atoms with Crippen LogP contribution in [0.25, 0.3) is 0 Å². The second-order valence-corrected chi connectivity index (χ2v) is 6.61. The van der Waals surface area contributed by atoms with E-state index in [0.717, 1.165) is 23.5 Å². The van der Waals surface area contributed by atoms with E-state index in [1.54, 1.807) is 6.92 Å². The first-order valence-electron chi connectivity index (χ1n) is 4.82. The van der Waals surface area contributed by atoms with Gasteiger partial charge in [-0.2, -0.15) is 0 Å². The first-order chi connectivity index (χ1) is 8.38. The molecule has 0 bridgehead atoms. The fraction of sp³-hybridized carbons (Fsp3) is 0.100. The zero-order chi connectivity index (χ0) is 13.3. The molecule has 2 N–H and O–H groups in total. The molecule has 0 saturated carbocycles. The number of thiazole rings is 1. The van der Waals surface area contributed by atoms with Crippen molar-refractivity contribution in [2.75, 3.05) is 4.72 Å². The van der Waals surface area contributed by atoms with Crippen LogP contribution in [0.5, 0.6) is 5.75 Å². The van der Waals surface area contributed by atoms with Gasteiger partial charge < -0.3 is 5.11 Å². The molecule has 8 heteroatoms. The van der Waals surface area contributed by atoms with Gasteiger partial charge in [0.05, 0.1) is 16.9 Å². The molecule has 0 fully saturated rings. The molecular weight excluding hydrogens is 279 g/mol. The van der Waals surface area contributed by atoms with Crippen molar-refractivity contribution in [3.8, 4) is 5.75 Å². The summed E-state index contributed by atoms with van der Waals surface area (Å²) in [4.78, 5) is 3.84. The second kappa shape index (κ2) is 4.54. The summed E-state index contributed by atoms with van der Waals surface area (Å²) < 4.78 is 39.1. The number of anilines is 1. The van der Waals surface area contributed by atoms with Gasteiger partial charge in [0, 0.05) is 6.07 Å². The van der Waals surface area contributed by atoms with Crippen molar-refractivity contribution in [2.24, 2.45) is 0 Å². The number of rotatable bonds is 3. The maximum absolute atomic E-state index is 13.1. The number of phenolic OH excluding ortho intramolecular Hbond substituents is 1. The van der Waals surface area contributed by atoms with Gasteiger partial charge in [-0.05, 0) is 19.1 Å². The number of sulfonamides is 1. The van der Waals surface area contributed by atoms with E-state index < -0.39 is 21.6 Å². The number of hydrogen-bond donors (Lipinski definition) is 2. The SMILES string of the molecule is Cc1ncc(S(=O)(=O)Nc2ccc(O)c(F)c2)s1. The Kier molecular flexibility index (Phi) is 3.22. The van der Waals surface area contributed by atoms with Crippen LogP contribution in [0.2, 0.25) is 0 Å². The molecule has 0 radical (unpaired) electrons. The monoisotopic (exact) mass is 288 g/mol. The first kappa shape index (κ1) is 12.8. The van der Waals surface area contributed by atoms with Crippen molar-refractivity contribution < 1.29 is 17.9 Å². The molecule has 0 aliphatic rings. The molecule has 0 aliphatic heterocycles. The Bertz CT molecular complexity index is 682. The van der Waals surface area contributed by atoms with E-state index in [0.29, 0.717) is 5.01 Å². The number of hydrogen-bond acceptors (Lipinski definition) is 5. The third-order valence-corrected chi connectivity index (χ3v) is 4.82. The van der Waals surface area contributed by atoms with E-state index >= 15 is 0 Å². The van der Waals surface area contributed by atoms with Gasteiger partial charge in [0.25, 0.3) is 10.0 Å². The molecule has 1 heterocycles. The predicted molar refractivity (Wildman–Crippen MR) is 65.7 cm³/mol. The number of aromatic hydroxyl groups is 1. The van der Waals surface area contributed by atoms with Gasteiger partial charge in [0.1, 0.15) is 0 Å². The van der Waals surface area contributed by atoms with Crippen molar-refractivity contribution in [3.63, 3.8) is 0 Å². The van der Waals surface area contributed by atoms with E-state index in [4.69, 9.17) is 5.11 Å². The molecule has 5 nitrogen and oxygen atoms in total. The van der Waals surface area contributed by atoms with Crippen molar-refractivity contribution in [2.45, 2.75) is 11.1 Å². The summed E-state index contributed by atoms with van der Waals surface area (Å²) >= 11 is 1.02. The van der Waals surface area contributed by atoms with Crippen LogP contribution in [0.1, 0.15) is 5.01 Å². The Morgan fingerprint density at radius 1 is 1.44 bits per heavy atom. The average molecular weight is 288 g/mol. The highest BCUT2D eigenvalue weighted by Gasteiger charge is 2.17. The highest BCUT2D eigenvalue weighted by Crippen LogP contribution is 2.24. The molecule has 96 valence electrons. The molecule has 1 aromatic carbocycles. The molecule has 2 rings (SSSR count). The molecule has 1 aromatic heterocycles. The molecule has 0 spiro atoms. The summed E-state index contributed by atoms with van der Waals surface area (Å²) in [5.41, 5.74) is 0.0383. The van der Waals surface area contributed by atoms with Crippen LogP contribution in [-0.4, -0.2) is 18.5 Å². The number of nitrogens with one attached hydrogen (secondary N) is 1. The molecule has 2 aromatic rings. The first-order valence-corrected chi connectivity index (χ1v) is 7.12. The van der Waals surface area contributed by atoms with Crippen LogP contribution in [0.3, 0.4) is 0 Å². The van der Waals surface area contributed by atoms with Gasteiger partial charge in [-0.15, -0.1) is 11.3 Å². The van der Waals surface area contributed by atoms with Crippen LogP contribution in [-0.2, 0) is 10.0 Å². The van der Waals surface area contributed by atoms with Crippen LogP contribution >= 0.6 is 11.3 Å². The molecule has 0 saturated heterocycles. The number of phenols is 1. The standard InChI is InChI=1S/C10H9FN2O3S2/c1-6-12-5-10(17-6)18(15,16)13-7-2-3-9(14)8(11)4-7/h2-5,13-14H,1H3. The minimum Gasteiger partial charge on any atom is -0.505 e. The number of aromatic nitrogens is 1. The minimum absolute atomic E-state index is 0.0383. The minimum atomic E-state index is -3.76. The van der Waals surface area contributed by atoms with Crippen molar-refractivity contribution in [3.05, 3.63) is 35.2 Å². The lowest BCUT2D eigenvalue weighted by Gasteiger charge is -2.06. The number of nitrogens with zero attached hydrogens (tertiary/aromatic N) is 1. The summed E-state index contributed by atoms with van der Waals surface area (Å²) in [6.45, 7) is 1.68. The van der Waals surface area contributed by atoms with Gasteiger partial charge in [-0.1, -0.05) is 0 Å². The third-order valence-electron chi connectivity index (χ3n) is 2.06. The lowest BCUT2D eigenvalue weighted by molar-refractivity contribution is 0.432. The molecular formula is C10H9FN2O3S2. The number of halogens is 1. The number of aryl methyl sites for hydroxylation is 1. The quantitative estimate of drug-likeness (QED) is 0.848. The van der Waals surface area contributed by atoms with Crippen molar-refractivity contribution in [1.29, 1.82) is 0 Å². The van der Waals surface area contributed by atoms with Gasteiger partial charge in [0.2, 0.25) is 0 Å². The van der Waals surface area contributed by atoms with E-state index in [1.807, 2.05) is 0 Å². The zero-order valence-corrected chi connectivity index (χ0v) is 10.8. The summed E-state index contributed by atoms with van der Waals surface area (Å²) in [6, 6.07) is 3.25. The zero-order valence-electron chi connectivity index (χ0n) is 9.21. The highest BCUT2D eigenvalue weighted by molar-refractivity contribution is 7.94. The van der Waals surface area contributed by atoms with Crippen molar-refractivity contribution >= 4 is 27.0 Å². The fourth-order valence-corrected chi connectivity index (χ4v) is 3.40. The summed E-state index contributed by atoms with van der Waals surface area (Å²) in [6.07, 6.45) is 1.24. The Labute approximate surface area is 107 Å². The van der Waals surface area contributed by atoms with Crippen LogP contribution in [0, 0.1) is 12.7 Å².